The minimum atomic E-state index is -0.102. The first kappa shape index (κ1) is 20.6. The van der Waals surface area contributed by atoms with Crippen LogP contribution in [0.25, 0.3) is 5.70 Å². The first-order valence-electron chi connectivity index (χ1n) is 8.47. The number of nitrogens with zero attached hydrogens (tertiary/aromatic N) is 1. The summed E-state index contributed by atoms with van der Waals surface area (Å²) in [6.45, 7) is 0. The van der Waals surface area contributed by atoms with Gasteiger partial charge in [-0.15, -0.1) is 5.56 Å². The van der Waals surface area contributed by atoms with Crippen LogP contribution in [0.3, 0.4) is 0 Å². The van der Waals surface area contributed by atoms with E-state index < -0.39 is 0 Å². The van der Waals surface area contributed by atoms with Gasteiger partial charge in [0.05, 0.1) is 7.11 Å². The van der Waals surface area contributed by atoms with Crippen molar-refractivity contribution in [2.45, 2.75) is 6.04 Å². The minimum absolute atomic E-state index is 0. The third-order valence-corrected chi connectivity index (χ3v) is 4.29. The molecule has 1 heterocycles. The molecule has 1 unspecified atom stereocenters. The predicted octanol–water partition coefficient (Wildman–Crippen LogP) is 4.55. The Balaban J connectivity index is 0.000000379. The zero-order valence-electron chi connectivity index (χ0n) is 15.3. The molecule has 0 saturated heterocycles. The zero-order chi connectivity index (χ0) is 18.4. The molecule has 4 rings (SSSR count). The van der Waals surface area contributed by atoms with Crippen molar-refractivity contribution in [3.8, 4) is 5.75 Å². The molecule has 1 aliphatic rings. The molecular formula is C22H22FeN2O2-2. The average Bonchev–Trinajstić information content (AvgIpc) is 3.40. The Kier molecular flexibility index (Phi) is 7.47. The van der Waals surface area contributed by atoms with Crippen LogP contribution in [0.2, 0.25) is 0 Å². The van der Waals surface area contributed by atoms with Crippen molar-refractivity contribution in [1.29, 1.82) is 0 Å². The minimum Gasteiger partial charge on any atom is -0.497 e. The maximum atomic E-state index is 12.2. The number of amides is 2. The molecule has 142 valence electrons. The van der Waals surface area contributed by atoms with Crippen molar-refractivity contribution in [2.24, 2.45) is 0 Å². The number of hydrogen-bond donors (Lipinski definition) is 1. The van der Waals surface area contributed by atoms with Crippen LogP contribution in [0.5, 0.6) is 5.75 Å². The molecule has 4 nitrogen and oxygen atoms in total. The van der Waals surface area contributed by atoms with Crippen molar-refractivity contribution in [2.75, 3.05) is 14.2 Å². The van der Waals surface area contributed by atoms with Crippen LogP contribution in [0.1, 0.15) is 17.2 Å². The van der Waals surface area contributed by atoms with Gasteiger partial charge in [-0.3, -0.25) is 0 Å². The van der Waals surface area contributed by atoms with Crippen LogP contribution >= 0.6 is 0 Å². The molecule has 0 bridgehead atoms. The maximum Gasteiger partial charge on any atom is 0.321 e. The van der Waals surface area contributed by atoms with Gasteiger partial charge in [-0.2, -0.15) is 30.3 Å². The van der Waals surface area contributed by atoms with E-state index in [2.05, 4.69) is 11.4 Å². The summed E-state index contributed by atoms with van der Waals surface area (Å²) in [5.41, 5.74) is 2.90. The summed E-state index contributed by atoms with van der Waals surface area (Å²) in [6, 6.07) is 25.5. The molecule has 0 radical (unpaired) electrons. The number of methoxy groups -OCH3 is 1. The van der Waals surface area contributed by atoms with Crippen LogP contribution in [-0.4, -0.2) is 25.1 Å². The predicted molar refractivity (Wildman–Crippen MR) is 104 cm³/mol. The van der Waals surface area contributed by atoms with E-state index >= 15 is 0 Å². The summed E-state index contributed by atoms with van der Waals surface area (Å²) in [7, 11) is 3.44. The number of ether oxygens (including phenoxy) is 1. The smallest absolute Gasteiger partial charge is 0.321 e. The van der Waals surface area contributed by atoms with Gasteiger partial charge in [0.1, 0.15) is 5.75 Å². The quantitative estimate of drug-likeness (QED) is 0.516. The molecule has 5 heteroatoms. The molecule has 3 aromatic carbocycles. The van der Waals surface area contributed by atoms with Gasteiger partial charge in [0.25, 0.3) is 0 Å². The third-order valence-electron chi connectivity index (χ3n) is 4.29. The average molecular weight is 402 g/mol. The monoisotopic (exact) mass is 402 g/mol. The Morgan fingerprint density at radius 3 is 2.22 bits per heavy atom. The number of nitrogens with one attached hydrogen (secondary N) is 1. The molecule has 1 N–H and O–H groups in total. The van der Waals surface area contributed by atoms with Crippen LogP contribution in [0.15, 0.2) is 84.9 Å². The second-order valence-electron chi connectivity index (χ2n) is 5.98. The van der Waals surface area contributed by atoms with Crippen LogP contribution < -0.4 is 10.1 Å². The second-order valence-corrected chi connectivity index (χ2v) is 5.98. The van der Waals surface area contributed by atoms with E-state index in [-0.39, 0.29) is 29.1 Å². The van der Waals surface area contributed by atoms with Gasteiger partial charge in [-0.25, -0.2) is 29.1 Å². The van der Waals surface area contributed by atoms with E-state index in [1.54, 1.807) is 19.1 Å². The zero-order valence-corrected chi connectivity index (χ0v) is 16.4. The molecule has 0 saturated carbocycles. The number of urea groups is 1. The first-order chi connectivity index (χ1) is 12.7. The number of benzene rings is 1. The van der Waals surface area contributed by atoms with Gasteiger partial charge in [0.2, 0.25) is 0 Å². The van der Waals surface area contributed by atoms with E-state index in [1.165, 1.54) is 0 Å². The molecule has 2 amide bonds. The topological polar surface area (TPSA) is 41.6 Å². The van der Waals surface area contributed by atoms with Gasteiger partial charge in [-0.1, -0.05) is 0 Å². The van der Waals surface area contributed by atoms with E-state index in [0.717, 1.165) is 22.6 Å². The summed E-state index contributed by atoms with van der Waals surface area (Å²) in [4.78, 5) is 13.9. The normalized spacial score (nSPS) is 15.6. The molecule has 27 heavy (non-hydrogen) atoms. The molecule has 0 aliphatic carbocycles. The van der Waals surface area contributed by atoms with Crippen molar-refractivity contribution in [3.05, 3.63) is 96.1 Å². The van der Waals surface area contributed by atoms with Gasteiger partial charge in [-0.05, 0) is 35.9 Å². The molecule has 0 spiro atoms. The Morgan fingerprint density at radius 1 is 1.07 bits per heavy atom. The van der Waals surface area contributed by atoms with Crippen LogP contribution in [0.4, 0.5) is 4.79 Å². The molecule has 1 atom stereocenters. The summed E-state index contributed by atoms with van der Waals surface area (Å²) >= 11 is 0. The molecule has 0 aromatic heterocycles. The molecule has 1 aliphatic heterocycles. The van der Waals surface area contributed by atoms with Crippen LogP contribution in [0, 0.1) is 0 Å². The first-order valence-corrected chi connectivity index (χ1v) is 8.47. The largest absolute Gasteiger partial charge is 0.497 e. The van der Waals surface area contributed by atoms with Crippen molar-refractivity contribution in [1.82, 2.24) is 10.2 Å². The van der Waals surface area contributed by atoms with E-state index in [4.69, 9.17) is 4.74 Å². The fourth-order valence-corrected chi connectivity index (χ4v) is 2.81. The fraction of sp³-hybridized carbons (Fsp3) is 0.136. The standard InChI is InChI=1S/C17H17N2O2.C5H5.Fe/c1-19-16(13-5-3-4-6-13)11-15(18-17(19)20)12-7-9-14(21-2)10-8-12;1-2-4-5-3-1;/h3-11,16H,1-2H3,(H,18,20);1-5H;/q2*-1;. The number of hydrogen-bond acceptors (Lipinski definition) is 2. The SMILES string of the molecule is COc1ccc(C2=CC([c-]3cccc3)N(C)C(=O)N2)cc1.[Fe].c1cc[cH-]c1. The Hall–Kier alpha value is -2.75. The summed E-state index contributed by atoms with van der Waals surface area (Å²) < 4.78 is 5.16. The Labute approximate surface area is 170 Å². The Morgan fingerprint density at radius 2 is 1.70 bits per heavy atom. The summed E-state index contributed by atoms with van der Waals surface area (Å²) in [5, 5.41) is 2.92. The maximum absolute atomic E-state index is 12.2. The van der Waals surface area contributed by atoms with Crippen molar-refractivity contribution in [3.63, 3.8) is 0 Å². The van der Waals surface area contributed by atoms with Gasteiger partial charge >= 0.3 is 6.03 Å². The number of carbonyl (C=O) groups excluding carboxylic acids is 1. The number of carbonyl (C=O) groups is 1. The van der Waals surface area contributed by atoms with E-state index in [9.17, 15) is 4.79 Å². The van der Waals surface area contributed by atoms with E-state index in [1.807, 2.05) is 78.9 Å². The van der Waals surface area contributed by atoms with Crippen molar-refractivity contribution >= 4 is 11.7 Å². The molecule has 3 aromatic rings. The second kappa shape index (κ2) is 9.81. The number of rotatable bonds is 3. The Bertz CT molecular complexity index is 820. The summed E-state index contributed by atoms with van der Waals surface area (Å²) in [6.07, 6.45) is 2.07. The summed E-state index contributed by atoms with van der Waals surface area (Å²) in [5.74, 6) is 0.797. The van der Waals surface area contributed by atoms with Gasteiger partial charge in [0.15, 0.2) is 0 Å². The van der Waals surface area contributed by atoms with Crippen molar-refractivity contribution < 1.29 is 26.6 Å². The third kappa shape index (κ3) is 5.13. The fourth-order valence-electron chi connectivity index (χ4n) is 2.81. The van der Waals surface area contributed by atoms with Crippen LogP contribution in [-0.2, 0) is 17.1 Å². The molecular weight excluding hydrogens is 380 g/mol. The van der Waals surface area contributed by atoms with E-state index in [0.29, 0.717) is 0 Å². The molecule has 0 fully saturated rings. The van der Waals surface area contributed by atoms with Gasteiger partial charge in [0, 0.05) is 35.9 Å². The number of likely N-dealkylation sites (N-methyl/N-ethyl adjacent to an activating group) is 1. The van der Waals surface area contributed by atoms with Gasteiger partial charge < -0.3 is 15.0 Å².